The van der Waals surface area contributed by atoms with Crippen LogP contribution in [0.1, 0.15) is 48.8 Å². The zero-order valence-electron chi connectivity index (χ0n) is 20.7. The van der Waals surface area contributed by atoms with Crippen molar-refractivity contribution in [2.45, 2.75) is 58.7 Å². The van der Waals surface area contributed by atoms with Gasteiger partial charge in [0.25, 0.3) is 0 Å². The van der Waals surface area contributed by atoms with E-state index >= 15 is 0 Å². The monoisotopic (exact) mass is 505 g/mol. The number of nitrogens with one attached hydrogen (secondary N) is 1. The van der Waals surface area contributed by atoms with Crippen molar-refractivity contribution in [2.24, 2.45) is 11.3 Å². The van der Waals surface area contributed by atoms with E-state index in [1.807, 2.05) is 35.8 Å². The molecule has 0 spiro atoms. The summed E-state index contributed by atoms with van der Waals surface area (Å²) >= 11 is 2.90. The minimum absolute atomic E-state index is 0.150. The average Bonchev–Trinajstić information content (AvgIpc) is 3.37. The number of aryl methyl sites for hydroxylation is 1. The third-order valence-electron chi connectivity index (χ3n) is 6.60. The summed E-state index contributed by atoms with van der Waals surface area (Å²) in [5.74, 6) is 1.37. The molecule has 1 amide bonds. The standard InChI is InChI=1S/C27H31N5OS2/c1-6-13-32-24(19-10-8-7-9-17(19)2)30-31-26(32)34-16-23(33)29-25-21(15-28)20-12-11-18(27(3,4)5)14-22(20)35-25/h6-10,18H,1,11-14,16H2,2-5H3,(H,29,33)/t18-/m1/s1. The molecule has 0 saturated carbocycles. The molecule has 1 N–H and O–H groups in total. The van der Waals surface area contributed by atoms with E-state index in [9.17, 15) is 10.1 Å². The Labute approximate surface area is 215 Å². The van der Waals surface area contributed by atoms with Crippen LogP contribution in [0.4, 0.5) is 5.00 Å². The smallest absolute Gasteiger partial charge is 0.235 e. The average molecular weight is 506 g/mol. The molecule has 1 aromatic carbocycles. The minimum atomic E-state index is -0.150. The summed E-state index contributed by atoms with van der Waals surface area (Å²) in [5, 5.41) is 22.9. The molecular formula is C27H31N5OS2. The number of anilines is 1. The van der Waals surface area contributed by atoms with Crippen molar-refractivity contribution in [1.82, 2.24) is 14.8 Å². The van der Waals surface area contributed by atoms with Gasteiger partial charge in [0.2, 0.25) is 5.91 Å². The molecule has 4 rings (SSSR count). The molecule has 8 heteroatoms. The van der Waals surface area contributed by atoms with Crippen LogP contribution in [0.2, 0.25) is 0 Å². The van der Waals surface area contributed by atoms with Gasteiger partial charge in [0.1, 0.15) is 11.1 Å². The van der Waals surface area contributed by atoms with Gasteiger partial charge in [0, 0.05) is 17.0 Å². The molecule has 0 bridgehead atoms. The Bertz CT molecular complexity index is 1290. The number of carbonyl (C=O) groups is 1. The molecule has 3 aromatic rings. The number of allylic oxidation sites excluding steroid dienone is 1. The lowest BCUT2D eigenvalue weighted by atomic mass is 9.72. The number of hydrogen-bond donors (Lipinski definition) is 1. The maximum Gasteiger partial charge on any atom is 0.235 e. The summed E-state index contributed by atoms with van der Waals surface area (Å²) in [6.07, 6.45) is 4.74. The van der Waals surface area contributed by atoms with Crippen LogP contribution in [0.5, 0.6) is 0 Å². The van der Waals surface area contributed by atoms with Crippen molar-refractivity contribution in [3.05, 3.63) is 58.5 Å². The summed E-state index contributed by atoms with van der Waals surface area (Å²) in [5.41, 5.74) is 4.10. The molecule has 0 fully saturated rings. The third-order valence-corrected chi connectivity index (χ3v) is 8.74. The summed E-state index contributed by atoms with van der Waals surface area (Å²) in [4.78, 5) is 14.1. The highest BCUT2D eigenvalue weighted by atomic mass is 32.2. The number of thioether (sulfide) groups is 1. The largest absolute Gasteiger partial charge is 0.316 e. The molecule has 182 valence electrons. The van der Waals surface area contributed by atoms with Crippen molar-refractivity contribution < 1.29 is 4.79 Å². The normalized spacial score (nSPS) is 15.3. The molecule has 0 radical (unpaired) electrons. The highest BCUT2D eigenvalue weighted by molar-refractivity contribution is 7.99. The summed E-state index contributed by atoms with van der Waals surface area (Å²) in [7, 11) is 0. The Balaban J connectivity index is 1.48. The Morgan fingerprint density at radius 2 is 2.14 bits per heavy atom. The number of nitrogens with zero attached hydrogens (tertiary/aromatic N) is 4. The van der Waals surface area contributed by atoms with Crippen molar-refractivity contribution >= 4 is 34.0 Å². The summed E-state index contributed by atoms with van der Waals surface area (Å²) in [6.45, 7) is 13.3. The lowest BCUT2D eigenvalue weighted by Gasteiger charge is -2.33. The van der Waals surface area contributed by atoms with Crippen LogP contribution in [0.15, 0.2) is 42.1 Å². The molecule has 0 unspecified atom stereocenters. The Morgan fingerprint density at radius 1 is 1.37 bits per heavy atom. The number of benzene rings is 1. The second-order valence-corrected chi connectivity index (χ2v) is 12.0. The first-order valence-corrected chi connectivity index (χ1v) is 13.6. The molecule has 2 heterocycles. The minimum Gasteiger partial charge on any atom is -0.316 e. The van der Waals surface area contributed by atoms with Gasteiger partial charge < -0.3 is 5.32 Å². The maximum atomic E-state index is 12.9. The first-order valence-electron chi connectivity index (χ1n) is 11.8. The van der Waals surface area contributed by atoms with Gasteiger partial charge in [-0.1, -0.05) is 62.9 Å². The van der Waals surface area contributed by atoms with E-state index in [4.69, 9.17) is 0 Å². The van der Waals surface area contributed by atoms with Crippen LogP contribution < -0.4 is 5.32 Å². The van der Waals surface area contributed by atoms with Gasteiger partial charge in [0.05, 0.1) is 11.3 Å². The number of carbonyl (C=O) groups excluding carboxylic acids is 1. The third kappa shape index (κ3) is 5.36. The van der Waals surface area contributed by atoms with E-state index < -0.39 is 0 Å². The van der Waals surface area contributed by atoms with Gasteiger partial charge in [-0.2, -0.15) is 5.26 Å². The second kappa shape index (κ2) is 10.4. The zero-order valence-corrected chi connectivity index (χ0v) is 22.4. The van der Waals surface area contributed by atoms with Crippen LogP contribution in [0.25, 0.3) is 11.4 Å². The van der Waals surface area contributed by atoms with Gasteiger partial charge in [-0.05, 0) is 48.6 Å². The van der Waals surface area contributed by atoms with Gasteiger partial charge >= 0.3 is 0 Å². The van der Waals surface area contributed by atoms with Crippen LogP contribution in [0, 0.1) is 29.6 Å². The zero-order chi connectivity index (χ0) is 25.2. The molecule has 35 heavy (non-hydrogen) atoms. The number of aromatic nitrogens is 3. The molecular weight excluding hydrogens is 474 g/mol. The van der Waals surface area contributed by atoms with Crippen LogP contribution in [-0.2, 0) is 24.2 Å². The van der Waals surface area contributed by atoms with Gasteiger partial charge in [0.15, 0.2) is 11.0 Å². The number of nitriles is 1. The van der Waals surface area contributed by atoms with Crippen LogP contribution in [-0.4, -0.2) is 26.4 Å². The molecule has 0 aliphatic heterocycles. The lowest BCUT2D eigenvalue weighted by molar-refractivity contribution is -0.113. The maximum absolute atomic E-state index is 12.9. The number of hydrogen-bond acceptors (Lipinski definition) is 6. The highest BCUT2D eigenvalue weighted by Crippen LogP contribution is 2.44. The van der Waals surface area contributed by atoms with Crippen molar-refractivity contribution in [1.29, 1.82) is 5.26 Å². The van der Waals surface area contributed by atoms with E-state index in [2.05, 4.69) is 48.9 Å². The topological polar surface area (TPSA) is 83.6 Å². The Kier molecular flexibility index (Phi) is 7.48. The number of amides is 1. The summed E-state index contributed by atoms with van der Waals surface area (Å²) in [6, 6.07) is 10.4. The SMILES string of the molecule is C=CCn1c(SCC(=O)Nc2sc3c(c2C#N)CC[C@@H](C(C)(C)C)C3)nnc1-c1ccccc1C. The fourth-order valence-electron chi connectivity index (χ4n) is 4.54. The van der Waals surface area contributed by atoms with E-state index in [0.717, 1.165) is 41.8 Å². The molecule has 1 aliphatic carbocycles. The first kappa shape index (κ1) is 25.2. The van der Waals surface area contributed by atoms with E-state index in [1.165, 1.54) is 16.6 Å². The van der Waals surface area contributed by atoms with Crippen molar-refractivity contribution in [3.63, 3.8) is 0 Å². The van der Waals surface area contributed by atoms with E-state index in [0.29, 0.717) is 28.2 Å². The highest BCUT2D eigenvalue weighted by Gasteiger charge is 2.32. The Morgan fingerprint density at radius 3 is 2.83 bits per heavy atom. The fraction of sp³-hybridized carbons (Fsp3) is 0.407. The number of rotatable bonds is 7. The fourth-order valence-corrected chi connectivity index (χ4v) is 6.58. The molecule has 1 atom stereocenters. The molecule has 6 nitrogen and oxygen atoms in total. The number of fused-ring (bicyclic) bond motifs is 1. The predicted octanol–water partition coefficient (Wildman–Crippen LogP) is 6.25. The van der Waals surface area contributed by atoms with Crippen LogP contribution >= 0.6 is 23.1 Å². The predicted molar refractivity (Wildman–Crippen MR) is 144 cm³/mol. The lowest BCUT2D eigenvalue weighted by Crippen LogP contribution is -2.26. The van der Waals surface area contributed by atoms with Gasteiger partial charge in [-0.25, -0.2) is 0 Å². The second-order valence-electron chi connectivity index (χ2n) is 9.98. The van der Waals surface area contributed by atoms with E-state index in [1.54, 1.807) is 17.4 Å². The van der Waals surface area contributed by atoms with E-state index in [-0.39, 0.29) is 17.1 Å². The van der Waals surface area contributed by atoms with Crippen LogP contribution in [0.3, 0.4) is 0 Å². The van der Waals surface area contributed by atoms with Gasteiger partial charge in [-0.3, -0.25) is 9.36 Å². The van der Waals surface area contributed by atoms with Gasteiger partial charge in [-0.15, -0.1) is 28.1 Å². The number of thiophene rings is 1. The molecule has 2 aromatic heterocycles. The van der Waals surface area contributed by atoms with Crippen molar-refractivity contribution in [2.75, 3.05) is 11.1 Å². The Hall–Kier alpha value is -2.89. The first-order chi connectivity index (χ1) is 16.7. The molecule has 0 saturated heterocycles. The van der Waals surface area contributed by atoms with Crippen molar-refractivity contribution in [3.8, 4) is 17.5 Å². The quantitative estimate of drug-likeness (QED) is 0.303. The summed E-state index contributed by atoms with van der Waals surface area (Å²) < 4.78 is 1.98. The molecule has 1 aliphatic rings.